The van der Waals surface area contributed by atoms with Crippen molar-refractivity contribution < 1.29 is 8.42 Å². The summed E-state index contributed by atoms with van der Waals surface area (Å²) >= 11 is 0. The van der Waals surface area contributed by atoms with Crippen molar-refractivity contribution >= 4 is 9.84 Å². The van der Waals surface area contributed by atoms with Gasteiger partial charge in [-0.2, -0.15) is 0 Å². The first-order valence-corrected chi connectivity index (χ1v) is 8.09. The maximum Gasteiger partial charge on any atom is 0.180 e. The van der Waals surface area contributed by atoms with Gasteiger partial charge in [-0.15, -0.1) is 0 Å². The van der Waals surface area contributed by atoms with Gasteiger partial charge in [-0.1, -0.05) is 39.8 Å². The summed E-state index contributed by atoms with van der Waals surface area (Å²) in [4.78, 5) is 0.505. The second-order valence-electron chi connectivity index (χ2n) is 5.61. The number of benzene rings is 1. The zero-order valence-corrected chi connectivity index (χ0v) is 12.2. The molecule has 18 heavy (non-hydrogen) atoms. The summed E-state index contributed by atoms with van der Waals surface area (Å²) in [5.41, 5.74) is 2.14. The van der Waals surface area contributed by atoms with Gasteiger partial charge in [0.25, 0.3) is 0 Å². The topological polar surface area (TPSA) is 46.2 Å². The molecule has 1 N–H and O–H groups in total. The molecule has 1 heterocycles. The Bertz CT molecular complexity index is 547. The molecule has 1 aliphatic heterocycles. The second kappa shape index (κ2) is 4.67. The summed E-state index contributed by atoms with van der Waals surface area (Å²) in [6, 6.07) is 5.95. The molecule has 1 unspecified atom stereocenters. The molecular formula is C14H21NO2S. The van der Waals surface area contributed by atoms with Crippen LogP contribution < -0.4 is 5.32 Å². The highest BCUT2D eigenvalue weighted by Gasteiger charge is 2.34. The van der Waals surface area contributed by atoms with Crippen molar-refractivity contribution in [1.82, 2.24) is 5.32 Å². The lowest BCUT2D eigenvalue weighted by atomic mass is 9.98. The largest absolute Gasteiger partial charge is 0.307 e. The van der Waals surface area contributed by atoms with Crippen LogP contribution in [0.3, 0.4) is 0 Å². The fraction of sp³-hybridized carbons (Fsp3) is 0.571. The molecule has 100 valence electrons. The van der Waals surface area contributed by atoms with Gasteiger partial charge in [0.15, 0.2) is 9.84 Å². The Kier molecular flexibility index (Phi) is 3.52. The third-order valence-electron chi connectivity index (χ3n) is 3.33. The van der Waals surface area contributed by atoms with Crippen molar-refractivity contribution in [2.24, 2.45) is 0 Å². The minimum atomic E-state index is -3.11. The van der Waals surface area contributed by atoms with Crippen LogP contribution >= 0.6 is 0 Å². The fourth-order valence-electron chi connectivity index (χ4n) is 2.42. The Morgan fingerprint density at radius 2 is 1.89 bits per heavy atom. The molecular weight excluding hydrogens is 246 g/mol. The molecule has 0 saturated carbocycles. The van der Waals surface area contributed by atoms with E-state index >= 15 is 0 Å². The van der Waals surface area contributed by atoms with E-state index in [0.29, 0.717) is 10.8 Å². The van der Waals surface area contributed by atoms with Crippen LogP contribution in [-0.2, 0) is 9.84 Å². The van der Waals surface area contributed by atoms with Crippen molar-refractivity contribution in [3.63, 3.8) is 0 Å². The van der Waals surface area contributed by atoms with Gasteiger partial charge in [-0.3, -0.25) is 0 Å². The molecule has 0 saturated heterocycles. The molecule has 0 spiro atoms. The molecule has 2 rings (SSSR count). The van der Waals surface area contributed by atoms with Crippen LogP contribution in [0.5, 0.6) is 0 Å². The minimum Gasteiger partial charge on any atom is -0.307 e. The lowest BCUT2D eigenvalue weighted by Crippen LogP contribution is -2.29. The van der Waals surface area contributed by atoms with Crippen LogP contribution in [0.15, 0.2) is 23.1 Å². The number of fused-ring (bicyclic) bond motifs is 1. The minimum absolute atomic E-state index is 0.0660. The zero-order valence-electron chi connectivity index (χ0n) is 11.4. The van der Waals surface area contributed by atoms with E-state index in [-0.39, 0.29) is 17.8 Å². The average molecular weight is 267 g/mol. The summed E-state index contributed by atoms with van der Waals surface area (Å²) in [5.74, 6) is 0.598. The normalized spacial score (nSPS) is 21.6. The highest BCUT2D eigenvalue weighted by molar-refractivity contribution is 7.91. The quantitative estimate of drug-likeness (QED) is 0.915. The van der Waals surface area contributed by atoms with Gasteiger partial charge in [-0.25, -0.2) is 8.42 Å². The molecule has 3 nitrogen and oxygen atoms in total. The van der Waals surface area contributed by atoms with Gasteiger partial charge < -0.3 is 5.32 Å². The van der Waals surface area contributed by atoms with Gasteiger partial charge in [-0.05, 0) is 23.1 Å². The molecule has 1 aliphatic rings. The molecule has 0 fully saturated rings. The summed E-state index contributed by atoms with van der Waals surface area (Å²) in [7, 11) is -3.11. The maximum absolute atomic E-state index is 12.1. The second-order valence-corrected chi connectivity index (χ2v) is 7.61. The lowest BCUT2D eigenvalue weighted by molar-refractivity contribution is 0.508. The number of nitrogens with one attached hydrogen (secondary N) is 1. The summed E-state index contributed by atoms with van der Waals surface area (Å²) in [6.07, 6.45) is 0. The van der Waals surface area contributed by atoms with E-state index in [1.807, 2.05) is 26.0 Å². The molecule has 4 heteroatoms. The average Bonchev–Trinajstić information content (AvgIpc) is 2.49. The molecule has 0 bridgehead atoms. The van der Waals surface area contributed by atoms with Crippen molar-refractivity contribution in [2.75, 3.05) is 5.75 Å². The van der Waals surface area contributed by atoms with E-state index in [4.69, 9.17) is 0 Å². The van der Waals surface area contributed by atoms with E-state index in [1.165, 1.54) is 5.56 Å². The number of sulfone groups is 1. The molecule has 1 aromatic rings. The van der Waals surface area contributed by atoms with E-state index in [9.17, 15) is 8.42 Å². The number of hydrogen-bond acceptors (Lipinski definition) is 3. The molecule has 0 radical (unpaired) electrons. The van der Waals surface area contributed by atoms with Gasteiger partial charge in [0, 0.05) is 12.1 Å². The zero-order chi connectivity index (χ0) is 13.5. The van der Waals surface area contributed by atoms with Crippen LogP contribution in [0.2, 0.25) is 0 Å². The van der Waals surface area contributed by atoms with Crippen LogP contribution in [0, 0.1) is 0 Å². The molecule has 1 aromatic carbocycles. The first-order valence-electron chi connectivity index (χ1n) is 6.44. The van der Waals surface area contributed by atoms with Gasteiger partial charge in [0.2, 0.25) is 0 Å². The van der Waals surface area contributed by atoms with E-state index < -0.39 is 9.84 Å². The lowest BCUT2D eigenvalue weighted by Gasteiger charge is -2.17. The predicted octanol–water partition coefficient (Wildman–Crippen LogP) is 2.64. The monoisotopic (exact) mass is 267 g/mol. The highest BCUT2D eigenvalue weighted by atomic mass is 32.2. The van der Waals surface area contributed by atoms with Crippen molar-refractivity contribution in [1.29, 1.82) is 0 Å². The Morgan fingerprint density at radius 1 is 1.22 bits per heavy atom. The third kappa shape index (κ3) is 2.45. The highest BCUT2D eigenvalue weighted by Crippen LogP contribution is 2.35. The van der Waals surface area contributed by atoms with E-state index in [0.717, 1.165) is 5.56 Å². The number of hydrogen-bond donors (Lipinski definition) is 1. The predicted molar refractivity (Wildman–Crippen MR) is 73.6 cm³/mol. The molecule has 0 aromatic heterocycles. The molecule has 1 atom stereocenters. The third-order valence-corrected chi connectivity index (χ3v) is 5.15. The SMILES string of the molecule is CC(C)NC1CS(=O)(=O)c2ccc(C(C)C)cc21. The van der Waals surface area contributed by atoms with E-state index in [2.05, 4.69) is 19.2 Å². The van der Waals surface area contributed by atoms with Crippen LogP contribution in [0.4, 0.5) is 0 Å². The van der Waals surface area contributed by atoms with Crippen LogP contribution in [0.25, 0.3) is 0 Å². The Morgan fingerprint density at radius 3 is 2.44 bits per heavy atom. The summed E-state index contributed by atoms with van der Waals surface area (Å²) in [5, 5.41) is 3.34. The van der Waals surface area contributed by atoms with Crippen molar-refractivity contribution in [2.45, 2.75) is 50.6 Å². The Hall–Kier alpha value is -0.870. The summed E-state index contributed by atoms with van der Waals surface area (Å²) < 4.78 is 24.2. The first kappa shape index (κ1) is 13.6. The fourth-order valence-corrected chi connectivity index (χ4v) is 4.15. The Labute approximate surface area is 110 Å². The molecule has 0 amide bonds. The number of rotatable bonds is 3. The maximum atomic E-state index is 12.1. The van der Waals surface area contributed by atoms with Crippen molar-refractivity contribution in [3.05, 3.63) is 29.3 Å². The smallest absolute Gasteiger partial charge is 0.180 e. The summed E-state index contributed by atoms with van der Waals surface area (Å²) in [6.45, 7) is 8.32. The van der Waals surface area contributed by atoms with Crippen LogP contribution in [-0.4, -0.2) is 20.2 Å². The van der Waals surface area contributed by atoms with Crippen LogP contribution in [0.1, 0.15) is 50.8 Å². The first-order chi connectivity index (χ1) is 8.31. The van der Waals surface area contributed by atoms with Crippen molar-refractivity contribution in [3.8, 4) is 0 Å². The molecule has 0 aliphatic carbocycles. The Balaban J connectivity index is 2.48. The van der Waals surface area contributed by atoms with Gasteiger partial charge in [0.1, 0.15) is 0 Å². The standard InChI is InChI=1S/C14H21NO2S/c1-9(2)11-5-6-14-12(7-11)13(15-10(3)4)8-18(14,16)17/h5-7,9-10,13,15H,8H2,1-4H3. The van der Waals surface area contributed by atoms with Gasteiger partial charge >= 0.3 is 0 Å². The van der Waals surface area contributed by atoms with E-state index in [1.54, 1.807) is 6.07 Å². The van der Waals surface area contributed by atoms with Gasteiger partial charge in [0.05, 0.1) is 10.6 Å².